The van der Waals surface area contributed by atoms with Gasteiger partial charge >= 0.3 is 0 Å². The fourth-order valence-corrected chi connectivity index (χ4v) is 2.34. The third-order valence-corrected chi connectivity index (χ3v) is 3.72. The van der Waals surface area contributed by atoms with Gasteiger partial charge in [-0.05, 0) is 36.3 Å². The first-order chi connectivity index (χ1) is 7.79. The summed E-state index contributed by atoms with van der Waals surface area (Å²) in [7, 11) is 0. The second-order valence-electron chi connectivity index (χ2n) is 4.29. The van der Waals surface area contributed by atoms with Gasteiger partial charge in [0.05, 0.1) is 0 Å². The summed E-state index contributed by atoms with van der Waals surface area (Å²) in [5, 5.41) is 3.46. The molecule has 88 valence electrons. The number of hydrogen-bond acceptors (Lipinski definition) is 3. The summed E-state index contributed by atoms with van der Waals surface area (Å²) in [6.07, 6.45) is 2.64. The summed E-state index contributed by atoms with van der Waals surface area (Å²) in [5.74, 6) is 1.12. The number of nitrogens with one attached hydrogen (secondary N) is 1. The minimum Gasteiger partial charge on any atom is -0.323 e. The maximum atomic E-state index is 6.13. The molecule has 2 nitrogen and oxygen atoms in total. The molecule has 0 saturated heterocycles. The van der Waals surface area contributed by atoms with E-state index in [0.717, 1.165) is 18.3 Å². The molecule has 0 spiro atoms. The van der Waals surface area contributed by atoms with Gasteiger partial charge in [0.2, 0.25) is 0 Å². The maximum absolute atomic E-state index is 6.13. The van der Waals surface area contributed by atoms with Gasteiger partial charge in [-0.25, -0.2) is 0 Å². The minimum atomic E-state index is 0.126. The first-order valence-corrected chi connectivity index (χ1v) is 7.00. The van der Waals surface area contributed by atoms with Crippen molar-refractivity contribution in [3.8, 4) is 0 Å². The molecule has 16 heavy (non-hydrogen) atoms. The molecule has 1 aliphatic rings. The van der Waals surface area contributed by atoms with Crippen LogP contribution < -0.4 is 11.1 Å². The van der Waals surface area contributed by atoms with Crippen LogP contribution in [-0.4, -0.2) is 18.3 Å². The van der Waals surface area contributed by atoms with Crippen molar-refractivity contribution in [2.75, 3.05) is 12.3 Å². The van der Waals surface area contributed by atoms with Crippen molar-refractivity contribution in [1.82, 2.24) is 5.32 Å². The Hall–Kier alpha value is -0.510. The largest absolute Gasteiger partial charge is 0.323 e. The zero-order valence-corrected chi connectivity index (χ0v) is 10.6. The fraction of sp³-hybridized carbons (Fsp3) is 0.538. The zero-order valence-electron chi connectivity index (χ0n) is 9.78. The Balaban J connectivity index is 1.86. The summed E-state index contributed by atoms with van der Waals surface area (Å²) < 4.78 is 0. The smallest absolute Gasteiger partial charge is 0.0421 e. The molecule has 3 N–H and O–H groups in total. The highest BCUT2D eigenvalue weighted by molar-refractivity contribution is 7.99. The summed E-state index contributed by atoms with van der Waals surface area (Å²) in [4.78, 5) is 1.33. The van der Waals surface area contributed by atoms with E-state index in [9.17, 15) is 0 Å². The zero-order chi connectivity index (χ0) is 11.4. The van der Waals surface area contributed by atoms with Crippen LogP contribution in [0.15, 0.2) is 29.2 Å². The van der Waals surface area contributed by atoms with Gasteiger partial charge in [-0.3, -0.25) is 0 Å². The van der Waals surface area contributed by atoms with Gasteiger partial charge in [0, 0.05) is 23.5 Å². The van der Waals surface area contributed by atoms with E-state index in [-0.39, 0.29) is 6.04 Å². The van der Waals surface area contributed by atoms with Gasteiger partial charge in [-0.15, -0.1) is 11.8 Å². The van der Waals surface area contributed by atoms with Crippen LogP contribution >= 0.6 is 11.8 Å². The van der Waals surface area contributed by atoms with E-state index in [2.05, 4.69) is 36.5 Å². The molecule has 1 aromatic carbocycles. The second-order valence-corrected chi connectivity index (χ2v) is 5.63. The Morgan fingerprint density at radius 2 is 2.06 bits per heavy atom. The number of nitrogens with two attached hydrogens (primary N) is 1. The summed E-state index contributed by atoms with van der Waals surface area (Å²) >= 11 is 1.87. The molecular formula is C13H20N2S. The molecule has 2 rings (SSSR count). The molecular weight excluding hydrogens is 216 g/mol. The van der Waals surface area contributed by atoms with Crippen LogP contribution in [0.3, 0.4) is 0 Å². The van der Waals surface area contributed by atoms with Crippen LogP contribution in [0.1, 0.15) is 31.4 Å². The molecule has 0 amide bonds. The molecule has 0 aliphatic heterocycles. The highest BCUT2D eigenvalue weighted by Crippen LogP contribution is 2.21. The lowest BCUT2D eigenvalue weighted by Crippen LogP contribution is -2.28. The summed E-state index contributed by atoms with van der Waals surface area (Å²) in [6.45, 7) is 3.06. The second kappa shape index (κ2) is 5.71. The lowest BCUT2D eigenvalue weighted by molar-refractivity contribution is 0.595. The monoisotopic (exact) mass is 236 g/mol. The third-order valence-electron chi connectivity index (χ3n) is 2.82. The van der Waals surface area contributed by atoms with Crippen LogP contribution in [0, 0.1) is 0 Å². The van der Waals surface area contributed by atoms with Crippen molar-refractivity contribution in [2.45, 2.75) is 36.7 Å². The Morgan fingerprint density at radius 3 is 2.62 bits per heavy atom. The quantitative estimate of drug-likeness (QED) is 0.746. The van der Waals surface area contributed by atoms with Crippen LogP contribution in [0.5, 0.6) is 0 Å². The van der Waals surface area contributed by atoms with Crippen molar-refractivity contribution in [3.05, 3.63) is 29.8 Å². The lowest BCUT2D eigenvalue weighted by atomic mass is 10.1. The van der Waals surface area contributed by atoms with Gasteiger partial charge in [0.25, 0.3) is 0 Å². The Labute approximate surface area is 102 Å². The first kappa shape index (κ1) is 12.0. The predicted molar refractivity (Wildman–Crippen MR) is 70.8 cm³/mol. The van der Waals surface area contributed by atoms with E-state index in [1.54, 1.807) is 0 Å². The predicted octanol–water partition coefficient (Wildman–Crippen LogP) is 2.55. The fourth-order valence-electron chi connectivity index (χ4n) is 1.68. The highest BCUT2D eigenvalue weighted by atomic mass is 32.2. The van der Waals surface area contributed by atoms with E-state index in [0.29, 0.717) is 0 Å². The van der Waals surface area contributed by atoms with E-state index in [4.69, 9.17) is 5.73 Å². The molecule has 0 radical (unpaired) electrons. The standard InChI is InChI=1S/C13H20N2S/c1-2-16-12-7-3-10(4-8-12)13(14)9-15-11-5-6-11/h3-4,7-8,11,13,15H,2,5-6,9,14H2,1H3. The Bertz CT molecular complexity index is 319. The molecule has 1 fully saturated rings. The molecule has 1 saturated carbocycles. The summed E-state index contributed by atoms with van der Waals surface area (Å²) in [6, 6.07) is 9.50. The molecule has 1 aromatic rings. The highest BCUT2D eigenvalue weighted by Gasteiger charge is 2.21. The van der Waals surface area contributed by atoms with Gasteiger partial charge in [0.1, 0.15) is 0 Å². The number of thioether (sulfide) groups is 1. The minimum absolute atomic E-state index is 0.126. The molecule has 0 heterocycles. The van der Waals surface area contributed by atoms with Gasteiger partial charge in [-0.2, -0.15) is 0 Å². The van der Waals surface area contributed by atoms with Crippen molar-refractivity contribution < 1.29 is 0 Å². The van der Waals surface area contributed by atoms with Crippen LogP contribution in [0.2, 0.25) is 0 Å². The normalized spacial score (nSPS) is 17.4. The molecule has 1 aliphatic carbocycles. The van der Waals surface area contributed by atoms with E-state index >= 15 is 0 Å². The van der Waals surface area contributed by atoms with Crippen LogP contribution in [0.25, 0.3) is 0 Å². The van der Waals surface area contributed by atoms with E-state index in [1.807, 2.05) is 11.8 Å². The van der Waals surface area contributed by atoms with Crippen LogP contribution in [-0.2, 0) is 0 Å². The lowest BCUT2D eigenvalue weighted by Gasteiger charge is -2.13. The molecule has 0 aromatic heterocycles. The number of benzene rings is 1. The first-order valence-electron chi connectivity index (χ1n) is 6.01. The van der Waals surface area contributed by atoms with Crippen LogP contribution in [0.4, 0.5) is 0 Å². The molecule has 0 bridgehead atoms. The Kier molecular flexibility index (Phi) is 4.27. The maximum Gasteiger partial charge on any atom is 0.0421 e. The van der Waals surface area contributed by atoms with E-state index in [1.165, 1.54) is 23.3 Å². The SMILES string of the molecule is CCSc1ccc(C(N)CNC2CC2)cc1. The molecule has 3 heteroatoms. The van der Waals surface area contributed by atoms with Crippen molar-refractivity contribution in [3.63, 3.8) is 0 Å². The summed E-state index contributed by atoms with van der Waals surface area (Å²) in [5.41, 5.74) is 7.36. The topological polar surface area (TPSA) is 38.0 Å². The molecule has 1 unspecified atom stereocenters. The molecule has 1 atom stereocenters. The van der Waals surface area contributed by atoms with Gasteiger partial charge in [-0.1, -0.05) is 19.1 Å². The van der Waals surface area contributed by atoms with Crippen molar-refractivity contribution in [1.29, 1.82) is 0 Å². The van der Waals surface area contributed by atoms with Crippen molar-refractivity contribution >= 4 is 11.8 Å². The van der Waals surface area contributed by atoms with Crippen molar-refractivity contribution in [2.24, 2.45) is 5.73 Å². The van der Waals surface area contributed by atoms with Gasteiger partial charge in [0.15, 0.2) is 0 Å². The average molecular weight is 236 g/mol. The average Bonchev–Trinajstić information content (AvgIpc) is 3.11. The van der Waals surface area contributed by atoms with E-state index < -0.39 is 0 Å². The third kappa shape index (κ3) is 3.51. The number of hydrogen-bond donors (Lipinski definition) is 2. The number of rotatable bonds is 6. The van der Waals surface area contributed by atoms with Gasteiger partial charge < -0.3 is 11.1 Å². The Morgan fingerprint density at radius 1 is 1.38 bits per heavy atom.